The zero-order valence-corrected chi connectivity index (χ0v) is 11.7. The number of hydrogen-bond donors (Lipinski definition) is 1. The Hall–Kier alpha value is -2.30. The number of aromatic nitrogens is 2. The van der Waals surface area contributed by atoms with E-state index in [0.29, 0.717) is 24.5 Å². The molecule has 20 heavy (non-hydrogen) atoms. The second-order valence-electron chi connectivity index (χ2n) is 5.41. The summed E-state index contributed by atoms with van der Waals surface area (Å²) in [5.74, 6) is 0.395. The van der Waals surface area contributed by atoms with Crippen molar-refractivity contribution >= 4 is 11.7 Å². The molecular weight excluding hydrogens is 252 g/mol. The first-order valence-corrected chi connectivity index (χ1v) is 6.77. The van der Waals surface area contributed by atoms with Gasteiger partial charge in [-0.05, 0) is 25.0 Å². The van der Waals surface area contributed by atoms with Gasteiger partial charge in [0.1, 0.15) is 11.4 Å². The lowest BCUT2D eigenvalue weighted by atomic mass is 10.1. The molecule has 0 bridgehead atoms. The molecule has 1 aromatic heterocycles. The Morgan fingerprint density at radius 2 is 1.85 bits per heavy atom. The largest absolute Gasteiger partial charge is 0.383 e. The Kier molecular flexibility index (Phi) is 2.97. The number of hydrogen-bond acceptors (Lipinski definition) is 3. The van der Waals surface area contributed by atoms with Crippen LogP contribution < -0.4 is 5.73 Å². The number of anilines is 1. The van der Waals surface area contributed by atoms with Crippen LogP contribution in [0.3, 0.4) is 0 Å². The van der Waals surface area contributed by atoms with Crippen molar-refractivity contribution in [2.75, 3.05) is 5.73 Å². The van der Waals surface area contributed by atoms with Crippen LogP contribution in [0, 0.1) is 0 Å². The lowest BCUT2D eigenvalue weighted by Gasteiger charge is -2.15. The van der Waals surface area contributed by atoms with Crippen LogP contribution in [0.15, 0.2) is 30.5 Å². The Morgan fingerprint density at radius 3 is 2.35 bits per heavy atom. The van der Waals surface area contributed by atoms with Gasteiger partial charge in [0.05, 0.1) is 6.20 Å². The average molecular weight is 270 g/mol. The smallest absolute Gasteiger partial charge is 0.259 e. The molecule has 0 saturated carbocycles. The number of fused-ring (bicyclic) bond motifs is 1. The van der Waals surface area contributed by atoms with E-state index >= 15 is 0 Å². The molecule has 0 saturated heterocycles. The van der Waals surface area contributed by atoms with Crippen molar-refractivity contribution in [3.63, 3.8) is 0 Å². The second kappa shape index (κ2) is 4.67. The standard InChI is InChI=1S/C15H18N4O/c1-10(2)19-14(16)13(7-17-19)15(20)18-8-11-5-3-4-6-12(11)9-18/h3-7,10H,8-9,16H2,1-2H3. The predicted molar refractivity (Wildman–Crippen MR) is 77.0 cm³/mol. The van der Waals surface area contributed by atoms with Gasteiger partial charge in [-0.25, -0.2) is 4.68 Å². The van der Waals surface area contributed by atoms with Gasteiger partial charge in [0.15, 0.2) is 0 Å². The number of carbonyl (C=O) groups excluding carboxylic acids is 1. The highest BCUT2D eigenvalue weighted by Crippen LogP contribution is 2.26. The van der Waals surface area contributed by atoms with E-state index in [9.17, 15) is 4.79 Å². The van der Waals surface area contributed by atoms with Gasteiger partial charge in [-0.3, -0.25) is 4.79 Å². The first-order valence-electron chi connectivity index (χ1n) is 6.77. The van der Waals surface area contributed by atoms with Crippen molar-refractivity contribution in [2.24, 2.45) is 0 Å². The Bertz CT molecular complexity index is 635. The van der Waals surface area contributed by atoms with Crippen LogP contribution in [0.4, 0.5) is 5.82 Å². The predicted octanol–water partition coefficient (Wildman–Crippen LogP) is 2.20. The van der Waals surface area contributed by atoms with Crippen LogP contribution >= 0.6 is 0 Å². The van der Waals surface area contributed by atoms with Gasteiger partial charge in [0.2, 0.25) is 0 Å². The molecule has 0 atom stereocenters. The maximum absolute atomic E-state index is 12.6. The summed E-state index contributed by atoms with van der Waals surface area (Å²) in [4.78, 5) is 14.4. The molecule has 1 aromatic carbocycles. The highest BCUT2D eigenvalue weighted by molar-refractivity contribution is 5.98. The second-order valence-corrected chi connectivity index (χ2v) is 5.41. The number of nitrogens with two attached hydrogens (primary N) is 1. The highest BCUT2D eigenvalue weighted by Gasteiger charge is 2.27. The molecule has 2 heterocycles. The molecule has 0 radical (unpaired) electrons. The molecule has 104 valence electrons. The van der Waals surface area contributed by atoms with Crippen molar-refractivity contribution in [1.29, 1.82) is 0 Å². The number of carbonyl (C=O) groups is 1. The van der Waals surface area contributed by atoms with Gasteiger partial charge in [-0.15, -0.1) is 0 Å². The summed E-state index contributed by atoms with van der Waals surface area (Å²) in [5.41, 5.74) is 8.93. The lowest BCUT2D eigenvalue weighted by molar-refractivity contribution is 0.0752. The fourth-order valence-electron chi connectivity index (χ4n) is 2.60. The molecule has 2 aromatic rings. The minimum atomic E-state index is -0.0504. The molecule has 0 spiro atoms. The van der Waals surface area contributed by atoms with E-state index in [1.807, 2.05) is 30.9 Å². The number of benzene rings is 1. The van der Waals surface area contributed by atoms with Crippen LogP contribution in [0.25, 0.3) is 0 Å². The maximum atomic E-state index is 12.6. The molecular formula is C15H18N4O. The zero-order chi connectivity index (χ0) is 14.3. The van der Waals surface area contributed by atoms with Crippen molar-refractivity contribution in [1.82, 2.24) is 14.7 Å². The fourth-order valence-corrected chi connectivity index (χ4v) is 2.60. The topological polar surface area (TPSA) is 64.2 Å². The summed E-state index contributed by atoms with van der Waals surface area (Å²) in [6.45, 7) is 5.26. The third kappa shape index (κ3) is 1.95. The van der Waals surface area contributed by atoms with E-state index in [1.54, 1.807) is 10.9 Å². The number of amides is 1. The van der Waals surface area contributed by atoms with E-state index in [2.05, 4.69) is 17.2 Å². The Morgan fingerprint density at radius 1 is 1.25 bits per heavy atom. The number of nitrogen functional groups attached to an aromatic ring is 1. The Balaban J connectivity index is 1.85. The zero-order valence-electron chi connectivity index (χ0n) is 11.7. The third-order valence-electron chi connectivity index (χ3n) is 3.68. The quantitative estimate of drug-likeness (QED) is 0.910. The monoisotopic (exact) mass is 270 g/mol. The van der Waals surface area contributed by atoms with Gasteiger partial charge in [-0.1, -0.05) is 24.3 Å². The number of nitrogens with zero attached hydrogens (tertiary/aromatic N) is 3. The van der Waals surface area contributed by atoms with Crippen molar-refractivity contribution in [3.05, 3.63) is 47.2 Å². The fraction of sp³-hybridized carbons (Fsp3) is 0.333. The van der Waals surface area contributed by atoms with Crippen LogP contribution in [-0.2, 0) is 13.1 Å². The molecule has 1 aliphatic heterocycles. The van der Waals surface area contributed by atoms with Gasteiger partial charge in [-0.2, -0.15) is 5.10 Å². The van der Waals surface area contributed by atoms with E-state index in [4.69, 9.17) is 5.73 Å². The lowest BCUT2D eigenvalue weighted by Crippen LogP contribution is -2.26. The van der Waals surface area contributed by atoms with Crippen molar-refractivity contribution in [3.8, 4) is 0 Å². The molecule has 0 fully saturated rings. The van der Waals surface area contributed by atoms with Gasteiger partial charge in [0, 0.05) is 19.1 Å². The molecule has 0 aliphatic carbocycles. The summed E-state index contributed by atoms with van der Waals surface area (Å²) in [6.07, 6.45) is 1.57. The van der Waals surface area contributed by atoms with Gasteiger partial charge < -0.3 is 10.6 Å². The summed E-state index contributed by atoms with van der Waals surface area (Å²) in [5, 5.41) is 4.20. The van der Waals surface area contributed by atoms with E-state index in [-0.39, 0.29) is 11.9 Å². The van der Waals surface area contributed by atoms with Crippen molar-refractivity contribution < 1.29 is 4.79 Å². The van der Waals surface area contributed by atoms with Crippen molar-refractivity contribution in [2.45, 2.75) is 33.0 Å². The summed E-state index contributed by atoms with van der Waals surface area (Å²) >= 11 is 0. The molecule has 1 amide bonds. The highest BCUT2D eigenvalue weighted by atomic mass is 16.2. The van der Waals surface area contributed by atoms with Crippen LogP contribution in [0.1, 0.15) is 41.4 Å². The Labute approximate surface area is 118 Å². The van der Waals surface area contributed by atoms with Crippen LogP contribution in [-0.4, -0.2) is 20.6 Å². The van der Waals surface area contributed by atoms with E-state index < -0.39 is 0 Å². The molecule has 5 heteroatoms. The van der Waals surface area contributed by atoms with E-state index in [0.717, 1.165) is 0 Å². The van der Waals surface area contributed by atoms with E-state index in [1.165, 1.54) is 11.1 Å². The SMILES string of the molecule is CC(C)n1ncc(C(=O)N2Cc3ccccc3C2)c1N. The molecule has 5 nitrogen and oxygen atoms in total. The first kappa shape index (κ1) is 12.7. The molecule has 0 unspecified atom stereocenters. The minimum Gasteiger partial charge on any atom is -0.383 e. The molecule has 2 N–H and O–H groups in total. The minimum absolute atomic E-state index is 0.0504. The summed E-state index contributed by atoms with van der Waals surface area (Å²) < 4.78 is 1.68. The summed E-state index contributed by atoms with van der Waals surface area (Å²) in [7, 11) is 0. The van der Waals surface area contributed by atoms with Gasteiger partial charge in [0.25, 0.3) is 5.91 Å². The van der Waals surface area contributed by atoms with Gasteiger partial charge >= 0.3 is 0 Å². The molecule has 1 aliphatic rings. The normalized spacial score (nSPS) is 13.8. The maximum Gasteiger partial charge on any atom is 0.259 e. The first-order chi connectivity index (χ1) is 9.58. The number of rotatable bonds is 2. The van der Waals surface area contributed by atoms with Crippen LogP contribution in [0.5, 0.6) is 0 Å². The summed E-state index contributed by atoms with van der Waals surface area (Å²) in [6, 6.07) is 8.26. The molecule has 3 rings (SSSR count). The van der Waals surface area contributed by atoms with Crippen LogP contribution in [0.2, 0.25) is 0 Å². The third-order valence-corrected chi connectivity index (χ3v) is 3.68. The average Bonchev–Trinajstić information content (AvgIpc) is 3.01.